The van der Waals surface area contributed by atoms with E-state index in [0.29, 0.717) is 38.7 Å². The number of carbonyl (C=O) groups excluding carboxylic acids is 2. The molecule has 33 heavy (non-hydrogen) atoms. The van der Waals surface area contributed by atoms with Crippen LogP contribution in [0.2, 0.25) is 0 Å². The number of guanidine groups is 1. The highest BCUT2D eigenvalue weighted by atomic mass is 127. The third-order valence-corrected chi connectivity index (χ3v) is 6.16. The standard InChI is InChI=1S/C23H36N6O3.HI/c1-26(2)21(30)17-25-23(24-16-18-7-9-19(32-4)10-8-18)29-14-12-28(13-15-29)22(31)20-6-5-11-27(20)3;/h7-10,20H,5-6,11-17H2,1-4H3,(H,24,25);1H. The number of amides is 2. The number of ether oxygens (including phenoxy) is 1. The van der Waals surface area contributed by atoms with Crippen LogP contribution in [0.3, 0.4) is 0 Å². The number of hydrogen-bond acceptors (Lipinski definition) is 5. The van der Waals surface area contributed by atoms with Crippen molar-refractivity contribution < 1.29 is 14.3 Å². The summed E-state index contributed by atoms with van der Waals surface area (Å²) in [6.07, 6.45) is 2.02. The molecule has 184 valence electrons. The van der Waals surface area contributed by atoms with Crippen LogP contribution < -0.4 is 10.1 Å². The summed E-state index contributed by atoms with van der Waals surface area (Å²) in [5, 5.41) is 3.22. The highest BCUT2D eigenvalue weighted by Crippen LogP contribution is 2.18. The molecule has 2 heterocycles. The van der Waals surface area contributed by atoms with Crippen molar-refractivity contribution in [1.29, 1.82) is 0 Å². The van der Waals surface area contributed by atoms with Crippen molar-refractivity contribution in [3.63, 3.8) is 0 Å². The third-order valence-electron chi connectivity index (χ3n) is 6.16. The van der Waals surface area contributed by atoms with Crippen molar-refractivity contribution in [2.24, 2.45) is 4.99 Å². The topological polar surface area (TPSA) is 80.7 Å². The van der Waals surface area contributed by atoms with Crippen molar-refractivity contribution in [3.05, 3.63) is 29.8 Å². The summed E-state index contributed by atoms with van der Waals surface area (Å²) in [5.41, 5.74) is 1.06. The van der Waals surface area contributed by atoms with E-state index >= 15 is 0 Å². The van der Waals surface area contributed by atoms with Crippen molar-refractivity contribution in [2.45, 2.75) is 25.4 Å². The molecule has 2 fully saturated rings. The molecule has 0 aromatic heterocycles. The van der Waals surface area contributed by atoms with Crippen LogP contribution in [0.1, 0.15) is 18.4 Å². The second-order valence-electron chi connectivity index (χ2n) is 8.58. The Morgan fingerprint density at radius 2 is 1.73 bits per heavy atom. The smallest absolute Gasteiger partial charge is 0.241 e. The number of likely N-dealkylation sites (tertiary alicyclic amines) is 1. The number of rotatable bonds is 6. The highest BCUT2D eigenvalue weighted by molar-refractivity contribution is 14.0. The first kappa shape index (κ1) is 27.2. The van der Waals surface area contributed by atoms with Crippen LogP contribution in [0.25, 0.3) is 0 Å². The number of aliphatic imine (C=N–C) groups is 1. The Morgan fingerprint density at radius 3 is 2.27 bits per heavy atom. The molecule has 2 aliphatic heterocycles. The molecule has 9 nitrogen and oxygen atoms in total. The maximum atomic E-state index is 12.9. The molecule has 1 atom stereocenters. The summed E-state index contributed by atoms with van der Waals surface area (Å²) in [7, 11) is 7.15. The van der Waals surface area contributed by atoms with Gasteiger partial charge in [-0.25, -0.2) is 4.99 Å². The second kappa shape index (κ2) is 13.0. The Morgan fingerprint density at radius 1 is 1.09 bits per heavy atom. The molecule has 0 bridgehead atoms. The average molecular weight is 572 g/mol. The Kier molecular flexibility index (Phi) is 10.7. The van der Waals surface area contributed by atoms with Crippen molar-refractivity contribution in [3.8, 4) is 5.75 Å². The maximum Gasteiger partial charge on any atom is 0.241 e. The van der Waals surface area contributed by atoms with E-state index < -0.39 is 0 Å². The van der Waals surface area contributed by atoms with E-state index in [4.69, 9.17) is 9.73 Å². The van der Waals surface area contributed by atoms with Crippen LogP contribution in [0, 0.1) is 0 Å². The Hall–Kier alpha value is -2.08. The summed E-state index contributed by atoms with van der Waals surface area (Å²) in [4.78, 5) is 37.6. The zero-order valence-corrected chi connectivity index (χ0v) is 22.5. The van der Waals surface area contributed by atoms with Gasteiger partial charge in [0.25, 0.3) is 0 Å². The van der Waals surface area contributed by atoms with Gasteiger partial charge in [-0.2, -0.15) is 0 Å². The maximum absolute atomic E-state index is 12.9. The van der Waals surface area contributed by atoms with Gasteiger partial charge < -0.3 is 24.8 Å². The fourth-order valence-corrected chi connectivity index (χ4v) is 4.05. The monoisotopic (exact) mass is 572 g/mol. The lowest BCUT2D eigenvalue weighted by Gasteiger charge is -2.38. The first-order chi connectivity index (χ1) is 15.4. The number of likely N-dealkylation sites (N-methyl/N-ethyl adjacent to an activating group) is 2. The van der Waals surface area contributed by atoms with Gasteiger partial charge in [0, 0.05) is 40.3 Å². The average Bonchev–Trinajstić information content (AvgIpc) is 3.24. The molecule has 3 rings (SSSR count). The summed E-state index contributed by atoms with van der Waals surface area (Å²) >= 11 is 0. The molecule has 1 unspecified atom stereocenters. The van der Waals surface area contributed by atoms with E-state index in [-0.39, 0.29) is 48.4 Å². The fourth-order valence-electron chi connectivity index (χ4n) is 4.05. The molecular formula is C23H37IN6O3. The summed E-state index contributed by atoms with van der Waals surface area (Å²) in [5.74, 6) is 1.72. The predicted molar refractivity (Wildman–Crippen MR) is 140 cm³/mol. The van der Waals surface area contributed by atoms with Gasteiger partial charge in [-0.3, -0.25) is 14.5 Å². The molecular weight excluding hydrogens is 535 g/mol. The summed E-state index contributed by atoms with van der Waals surface area (Å²) in [6, 6.07) is 7.82. The van der Waals surface area contributed by atoms with E-state index in [1.54, 1.807) is 26.1 Å². The molecule has 1 aromatic rings. The van der Waals surface area contributed by atoms with E-state index in [9.17, 15) is 9.59 Å². The second-order valence-corrected chi connectivity index (χ2v) is 8.58. The minimum atomic E-state index is -0.0137. The molecule has 1 aromatic carbocycles. The van der Waals surface area contributed by atoms with Crippen molar-refractivity contribution in [2.75, 3.05) is 67.5 Å². The zero-order chi connectivity index (χ0) is 23.1. The van der Waals surface area contributed by atoms with Gasteiger partial charge in [-0.15, -0.1) is 24.0 Å². The lowest BCUT2D eigenvalue weighted by Crippen LogP contribution is -2.57. The van der Waals surface area contributed by atoms with Gasteiger partial charge in [-0.05, 0) is 44.1 Å². The van der Waals surface area contributed by atoms with Gasteiger partial charge in [0.15, 0.2) is 5.96 Å². The number of benzene rings is 1. The Labute approximate surface area is 214 Å². The molecule has 0 aliphatic carbocycles. The van der Waals surface area contributed by atoms with Gasteiger partial charge >= 0.3 is 0 Å². The fraction of sp³-hybridized carbons (Fsp3) is 0.609. The normalized spacial score (nSPS) is 19.2. The minimum absolute atomic E-state index is 0. The molecule has 2 saturated heterocycles. The lowest BCUT2D eigenvalue weighted by molar-refractivity contribution is -0.136. The highest BCUT2D eigenvalue weighted by Gasteiger charge is 2.33. The molecule has 2 amide bonds. The number of halogens is 1. The van der Waals surface area contributed by atoms with Gasteiger partial charge in [-0.1, -0.05) is 12.1 Å². The number of nitrogens with one attached hydrogen (secondary N) is 1. The van der Waals surface area contributed by atoms with Crippen LogP contribution in [-0.2, 0) is 16.1 Å². The minimum Gasteiger partial charge on any atom is -0.497 e. The van der Waals surface area contributed by atoms with Crippen molar-refractivity contribution in [1.82, 2.24) is 24.9 Å². The van der Waals surface area contributed by atoms with Crippen molar-refractivity contribution >= 4 is 41.8 Å². The summed E-state index contributed by atoms with van der Waals surface area (Å²) < 4.78 is 5.22. The van der Waals surface area contributed by atoms with Gasteiger partial charge in [0.05, 0.1) is 26.2 Å². The number of hydrogen-bond donors (Lipinski definition) is 1. The van der Waals surface area contributed by atoms with E-state index in [1.807, 2.05) is 36.2 Å². The van der Waals surface area contributed by atoms with Crippen LogP contribution in [0.4, 0.5) is 0 Å². The number of nitrogens with zero attached hydrogens (tertiary/aromatic N) is 5. The molecule has 1 N–H and O–H groups in total. The Bertz CT molecular complexity index is 809. The van der Waals surface area contributed by atoms with Crippen LogP contribution in [0.15, 0.2) is 29.3 Å². The number of carbonyl (C=O) groups is 2. The molecule has 10 heteroatoms. The largest absolute Gasteiger partial charge is 0.497 e. The number of methoxy groups -OCH3 is 1. The van der Waals surface area contributed by atoms with E-state index in [2.05, 4.69) is 15.1 Å². The SMILES string of the molecule is COc1ccc(CN=C(NCC(=O)N(C)C)N2CCN(C(=O)C3CCCN3C)CC2)cc1.I. The molecule has 0 radical (unpaired) electrons. The zero-order valence-electron chi connectivity index (χ0n) is 20.1. The van der Waals surface area contributed by atoms with Gasteiger partial charge in [0.2, 0.25) is 11.8 Å². The van der Waals surface area contributed by atoms with Crippen LogP contribution in [-0.4, -0.2) is 111 Å². The van der Waals surface area contributed by atoms with Crippen LogP contribution >= 0.6 is 24.0 Å². The molecule has 2 aliphatic rings. The molecule has 0 saturated carbocycles. The molecule has 0 spiro atoms. The van der Waals surface area contributed by atoms with E-state index in [1.165, 1.54) is 0 Å². The first-order valence-electron chi connectivity index (χ1n) is 11.2. The first-order valence-corrected chi connectivity index (χ1v) is 11.2. The predicted octanol–water partition coefficient (Wildman–Crippen LogP) is 1.09. The number of piperazine rings is 1. The van der Waals surface area contributed by atoms with Crippen LogP contribution in [0.5, 0.6) is 5.75 Å². The lowest BCUT2D eigenvalue weighted by atomic mass is 10.1. The summed E-state index contributed by atoms with van der Waals surface area (Å²) in [6.45, 7) is 4.36. The third kappa shape index (κ3) is 7.46. The van der Waals surface area contributed by atoms with Gasteiger partial charge in [0.1, 0.15) is 5.75 Å². The quantitative estimate of drug-likeness (QED) is 0.313. The van der Waals surface area contributed by atoms with E-state index in [0.717, 1.165) is 30.7 Å². The Balaban J connectivity index is 0.00000385.